The Bertz CT molecular complexity index is 648. The second kappa shape index (κ2) is 6.12. The normalized spacial score (nSPS) is 16.0. The minimum absolute atomic E-state index is 0.143. The summed E-state index contributed by atoms with van der Waals surface area (Å²) in [6.07, 6.45) is 7.53. The van der Waals surface area contributed by atoms with Gasteiger partial charge in [-0.25, -0.2) is 4.79 Å². The lowest BCUT2D eigenvalue weighted by Crippen LogP contribution is -2.16. The molecule has 0 unspecified atom stereocenters. The predicted octanol–water partition coefficient (Wildman–Crippen LogP) is 3.89. The Balaban J connectivity index is 1.90. The third-order valence-electron chi connectivity index (χ3n) is 4.14. The highest BCUT2D eigenvalue weighted by atomic mass is 16.5. The highest BCUT2D eigenvalue weighted by molar-refractivity contribution is 5.98. The smallest absolute Gasteiger partial charge is 0.341 e. The van der Waals surface area contributed by atoms with E-state index >= 15 is 0 Å². The molecule has 1 aromatic carbocycles. The Morgan fingerprint density at radius 1 is 1.24 bits per heavy atom. The highest BCUT2D eigenvalue weighted by Gasteiger charge is 2.19. The van der Waals surface area contributed by atoms with Crippen molar-refractivity contribution in [3.05, 3.63) is 36.0 Å². The van der Waals surface area contributed by atoms with Gasteiger partial charge in [0.2, 0.25) is 0 Å². The van der Waals surface area contributed by atoms with E-state index < -0.39 is 5.97 Å². The average molecular weight is 285 g/mol. The number of nitrogens with zero attached hydrogens (tertiary/aromatic N) is 1. The molecule has 4 heteroatoms. The zero-order valence-corrected chi connectivity index (χ0v) is 11.9. The summed E-state index contributed by atoms with van der Waals surface area (Å²) >= 11 is 0. The molecule has 0 aliphatic heterocycles. The van der Waals surface area contributed by atoms with Gasteiger partial charge in [0.1, 0.15) is 11.3 Å². The number of pyridine rings is 1. The summed E-state index contributed by atoms with van der Waals surface area (Å²) in [6, 6.07) is 7.50. The van der Waals surface area contributed by atoms with Gasteiger partial charge in [-0.05, 0) is 30.9 Å². The molecule has 0 radical (unpaired) electrons. The van der Waals surface area contributed by atoms with Crippen LogP contribution in [0.5, 0.6) is 5.75 Å². The molecule has 1 saturated carbocycles. The Morgan fingerprint density at radius 2 is 2.00 bits per heavy atom. The van der Waals surface area contributed by atoms with E-state index in [1.165, 1.54) is 38.3 Å². The van der Waals surface area contributed by atoms with Crippen molar-refractivity contribution in [2.45, 2.75) is 32.1 Å². The fourth-order valence-electron chi connectivity index (χ4n) is 2.98. The maximum Gasteiger partial charge on any atom is 0.341 e. The fraction of sp³-hybridized carbons (Fsp3) is 0.412. The molecule has 1 aliphatic rings. The van der Waals surface area contributed by atoms with Gasteiger partial charge < -0.3 is 9.84 Å². The van der Waals surface area contributed by atoms with Crippen molar-refractivity contribution < 1.29 is 14.6 Å². The van der Waals surface area contributed by atoms with E-state index in [-0.39, 0.29) is 5.56 Å². The SMILES string of the molecule is O=C(O)c1cnc2ccccc2c1OCC1CCCCC1. The number of aromatic carboxylic acids is 1. The zero-order chi connectivity index (χ0) is 14.7. The summed E-state index contributed by atoms with van der Waals surface area (Å²) in [5.74, 6) is -0.00195. The Morgan fingerprint density at radius 3 is 2.76 bits per heavy atom. The van der Waals surface area contributed by atoms with Crippen molar-refractivity contribution in [3.8, 4) is 5.75 Å². The summed E-state index contributed by atoms with van der Waals surface area (Å²) in [7, 11) is 0. The molecule has 1 aliphatic carbocycles. The van der Waals surface area contributed by atoms with Gasteiger partial charge in [-0.1, -0.05) is 31.4 Å². The van der Waals surface area contributed by atoms with Crippen LogP contribution in [0, 0.1) is 5.92 Å². The van der Waals surface area contributed by atoms with Gasteiger partial charge in [-0.3, -0.25) is 4.98 Å². The maximum absolute atomic E-state index is 11.4. The lowest BCUT2D eigenvalue weighted by atomic mass is 9.90. The van der Waals surface area contributed by atoms with E-state index in [2.05, 4.69) is 4.98 Å². The molecule has 4 nitrogen and oxygen atoms in total. The molecule has 3 rings (SSSR count). The minimum Gasteiger partial charge on any atom is -0.492 e. The van der Waals surface area contributed by atoms with Gasteiger partial charge in [0.15, 0.2) is 0 Å². The van der Waals surface area contributed by atoms with Crippen LogP contribution in [0.3, 0.4) is 0 Å². The van der Waals surface area contributed by atoms with E-state index in [0.717, 1.165) is 10.9 Å². The average Bonchev–Trinajstić information content (AvgIpc) is 2.53. The summed E-state index contributed by atoms with van der Waals surface area (Å²) in [5.41, 5.74) is 0.908. The number of ether oxygens (including phenoxy) is 1. The first-order chi connectivity index (χ1) is 10.3. The lowest BCUT2D eigenvalue weighted by Gasteiger charge is -2.22. The highest BCUT2D eigenvalue weighted by Crippen LogP contribution is 2.30. The van der Waals surface area contributed by atoms with Crippen molar-refractivity contribution in [2.24, 2.45) is 5.92 Å². The largest absolute Gasteiger partial charge is 0.492 e. The van der Waals surface area contributed by atoms with Crippen LogP contribution in [0.15, 0.2) is 30.5 Å². The Hall–Kier alpha value is -2.10. The van der Waals surface area contributed by atoms with Crippen molar-refractivity contribution in [1.82, 2.24) is 4.98 Å². The maximum atomic E-state index is 11.4. The van der Waals surface area contributed by atoms with Gasteiger partial charge in [0, 0.05) is 11.6 Å². The number of para-hydroxylation sites is 1. The quantitative estimate of drug-likeness (QED) is 0.925. The first-order valence-electron chi connectivity index (χ1n) is 7.49. The molecule has 110 valence electrons. The van der Waals surface area contributed by atoms with Crippen LogP contribution in [-0.2, 0) is 0 Å². The predicted molar refractivity (Wildman–Crippen MR) is 80.8 cm³/mol. The van der Waals surface area contributed by atoms with Gasteiger partial charge in [-0.2, -0.15) is 0 Å². The second-order valence-electron chi connectivity index (χ2n) is 5.64. The molecule has 1 aromatic heterocycles. The van der Waals surface area contributed by atoms with Crippen LogP contribution in [0.2, 0.25) is 0 Å². The second-order valence-corrected chi connectivity index (χ2v) is 5.64. The number of carboxylic acids is 1. The molecule has 0 saturated heterocycles. The molecular weight excluding hydrogens is 266 g/mol. The Kier molecular flexibility index (Phi) is 4.04. The number of hydrogen-bond acceptors (Lipinski definition) is 3. The topological polar surface area (TPSA) is 59.4 Å². The Labute approximate surface area is 123 Å². The fourth-order valence-corrected chi connectivity index (χ4v) is 2.98. The summed E-state index contributed by atoms with van der Waals surface area (Å²) in [4.78, 5) is 15.6. The van der Waals surface area contributed by atoms with E-state index in [9.17, 15) is 9.90 Å². The van der Waals surface area contributed by atoms with Crippen LogP contribution in [-0.4, -0.2) is 22.7 Å². The number of benzene rings is 1. The van der Waals surface area contributed by atoms with Crippen LogP contribution in [0.1, 0.15) is 42.5 Å². The first kappa shape index (κ1) is 13.9. The standard InChI is InChI=1S/C17H19NO3/c19-17(20)14-10-18-15-9-5-4-8-13(15)16(14)21-11-12-6-2-1-3-7-12/h4-5,8-10,12H,1-3,6-7,11H2,(H,19,20). The third-order valence-corrected chi connectivity index (χ3v) is 4.14. The molecule has 0 atom stereocenters. The summed E-state index contributed by atoms with van der Waals surface area (Å²) in [6.45, 7) is 0.592. The minimum atomic E-state index is -0.994. The van der Waals surface area contributed by atoms with E-state index in [4.69, 9.17) is 4.74 Å². The lowest BCUT2D eigenvalue weighted by molar-refractivity contribution is 0.0690. The summed E-state index contributed by atoms with van der Waals surface area (Å²) < 4.78 is 5.93. The van der Waals surface area contributed by atoms with Crippen molar-refractivity contribution >= 4 is 16.9 Å². The van der Waals surface area contributed by atoms with E-state index in [1.54, 1.807) is 0 Å². The summed E-state index contributed by atoms with van der Waals surface area (Å²) in [5, 5.41) is 10.1. The zero-order valence-electron chi connectivity index (χ0n) is 11.9. The van der Waals surface area contributed by atoms with Crippen LogP contribution < -0.4 is 4.74 Å². The van der Waals surface area contributed by atoms with Crippen LogP contribution in [0.4, 0.5) is 0 Å². The number of fused-ring (bicyclic) bond motifs is 1. The molecule has 0 spiro atoms. The van der Waals surface area contributed by atoms with Crippen molar-refractivity contribution in [3.63, 3.8) is 0 Å². The van der Waals surface area contributed by atoms with Gasteiger partial charge in [-0.15, -0.1) is 0 Å². The molecule has 1 heterocycles. The van der Waals surface area contributed by atoms with Crippen molar-refractivity contribution in [2.75, 3.05) is 6.61 Å². The van der Waals surface area contributed by atoms with Crippen LogP contribution >= 0.6 is 0 Å². The molecular formula is C17H19NO3. The molecule has 0 bridgehead atoms. The third kappa shape index (κ3) is 2.99. The monoisotopic (exact) mass is 285 g/mol. The van der Waals surface area contributed by atoms with E-state index in [0.29, 0.717) is 18.3 Å². The van der Waals surface area contributed by atoms with Gasteiger partial charge in [0.05, 0.1) is 12.1 Å². The number of rotatable bonds is 4. The molecule has 1 fully saturated rings. The molecule has 1 N–H and O–H groups in total. The van der Waals surface area contributed by atoms with Gasteiger partial charge in [0.25, 0.3) is 0 Å². The number of aromatic nitrogens is 1. The van der Waals surface area contributed by atoms with Crippen LogP contribution in [0.25, 0.3) is 10.9 Å². The van der Waals surface area contributed by atoms with Gasteiger partial charge >= 0.3 is 5.97 Å². The molecule has 0 amide bonds. The molecule has 2 aromatic rings. The first-order valence-corrected chi connectivity index (χ1v) is 7.49. The number of carbonyl (C=O) groups is 1. The van der Waals surface area contributed by atoms with E-state index in [1.807, 2.05) is 24.3 Å². The molecule has 21 heavy (non-hydrogen) atoms. The van der Waals surface area contributed by atoms with Crippen molar-refractivity contribution in [1.29, 1.82) is 0 Å². The number of hydrogen-bond donors (Lipinski definition) is 1. The number of carboxylic acid groups (broad SMARTS) is 1.